The number of phenols is 3. The van der Waals surface area contributed by atoms with E-state index in [0.29, 0.717) is 17.2 Å². The molecule has 2 aliphatic carbocycles. The molecule has 5 N–H and O–H groups in total. The highest BCUT2D eigenvalue weighted by atomic mass is 16.5. The number of allylic oxidation sites excluding steroid dienone is 5. The standard InChI is InChI=1S/2C21H30O2.C6H6N6O2/c1-5-6-7-8-15-12-18(22)20-16-11-14(2)9-10-17(16)21(3,4)23-19(20)13-15;1-5-6-7-8-16-12-19(22)21(20(23)13-16)18-11-15(4)9-10-17(18)14(2)3;1-11-6(14)12-2-8-3(4(7)13)5(12)9-10-11/h11-13,16-17,22H,5-10H2,1-4H3;11-13,17-18,22-23H,2,5-10H2,1,3-4H3;2H,1H3,(H2,7,13)/t16-,17-;17-,18+;/m10./s1. The molecule has 12 heteroatoms. The van der Waals surface area contributed by atoms with Gasteiger partial charge in [-0.15, -0.1) is 5.10 Å². The van der Waals surface area contributed by atoms with E-state index in [-0.39, 0.29) is 46.2 Å². The van der Waals surface area contributed by atoms with Gasteiger partial charge in [0.2, 0.25) is 0 Å². The molecule has 0 spiro atoms. The van der Waals surface area contributed by atoms with Crippen LogP contribution in [-0.2, 0) is 19.9 Å². The lowest BCUT2D eigenvalue weighted by atomic mass is 9.68. The summed E-state index contributed by atoms with van der Waals surface area (Å²) in [7, 11) is 1.44. The number of rotatable bonds is 11. The lowest BCUT2D eigenvalue weighted by Gasteiger charge is -2.46. The second kappa shape index (κ2) is 19.8. The van der Waals surface area contributed by atoms with Gasteiger partial charge in [-0.1, -0.05) is 80.2 Å². The molecule has 0 saturated carbocycles. The Balaban J connectivity index is 0.000000176. The molecule has 7 rings (SSSR count). The minimum atomic E-state index is -0.741. The number of aromatic hydroxyl groups is 3. The average Bonchev–Trinajstić information content (AvgIpc) is 3.62. The van der Waals surface area contributed by atoms with Crippen LogP contribution < -0.4 is 16.2 Å². The van der Waals surface area contributed by atoms with E-state index >= 15 is 0 Å². The molecule has 1 amide bonds. The largest absolute Gasteiger partial charge is 0.507 e. The van der Waals surface area contributed by atoms with Gasteiger partial charge >= 0.3 is 5.69 Å². The third-order valence-corrected chi connectivity index (χ3v) is 12.3. The normalized spacial score (nSPS) is 20.2. The first-order valence-corrected chi connectivity index (χ1v) is 21.6. The van der Waals surface area contributed by atoms with Crippen LogP contribution in [0.5, 0.6) is 23.0 Å². The Morgan fingerprint density at radius 1 is 0.883 bits per heavy atom. The van der Waals surface area contributed by atoms with Crippen molar-refractivity contribution in [1.82, 2.24) is 24.4 Å². The lowest BCUT2D eigenvalue weighted by Crippen LogP contribution is -2.45. The summed E-state index contributed by atoms with van der Waals surface area (Å²) in [6, 6.07) is 7.79. The number of benzene rings is 2. The van der Waals surface area contributed by atoms with E-state index in [4.69, 9.17) is 10.5 Å². The minimum absolute atomic E-state index is 0.0194. The number of amides is 1. The quantitative estimate of drug-likeness (QED) is 0.0847. The first kappa shape index (κ1) is 45.7. The summed E-state index contributed by atoms with van der Waals surface area (Å²) >= 11 is 0. The molecule has 2 aromatic carbocycles. The van der Waals surface area contributed by atoms with Gasteiger partial charge < -0.3 is 25.8 Å². The number of aryl methyl sites for hydroxylation is 3. The van der Waals surface area contributed by atoms with Crippen LogP contribution in [0.15, 0.2) is 70.8 Å². The van der Waals surface area contributed by atoms with E-state index in [9.17, 15) is 24.9 Å². The van der Waals surface area contributed by atoms with E-state index in [2.05, 4.69) is 81.6 Å². The van der Waals surface area contributed by atoms with E-state index in [1.54, 1.807) is 0 Å². The van der Waals surface area contributed by atoms with Crippen LogP contribution >= 0.6 is 0 Å². The number of hydrogen-bond donors (Lipinski definition) is 4. The van der Waals surface area contributed by atoms with Gasteiger partial charge in [-0.25, -0.2) is 14.2 Å². The van der Waals surface area contributed by atoms with Crippen LogP contribution in [-0.4, -0.2) is 51.2 Å². The smallest absolute Gasteiger partial charge is 0.352 e. The molecule has 324 valence electrons. The van der Waals surface area contributed by atoms with Crippen molar-refractivity contribution in [3.8, 4) is 23.0 Å². The predicted octanol–water partition coefficient (Wildman–Crippen LogP) is 9.50. The molecule has 4 aromatic rings. The van der Waals surface area contributed by atoms with Crippen molar-refractivity contribution in [2.24, 2.45) is 24.6 Å². The first-order chi connectivity index (χ1) is 28.5. The number of primary amides is 1. The summed E-state index contributed by atoms with van der Waals surface area (Å²) in [6.07, 6.45) is 19.1. The van der Waals surface area contributed by atoms with Gasteiger partial charge in [0.25, 0.3) is 5.91 Å². The van der Waals surface area contributed by atoms with Crippen LogP contribution in [0.3, 0.4) is 0 Å². The van der Waals surface area contributed by atoms with E-state index in [1.807, 2.05) is 25.1 Å². The average molecular weight is 823 g/mol. The fourth-order valence-corrected chi connectivity index (χ4v) is 9.01. The Morgan fingerprint density at radius 2 is 1.43 bits per heavy atom. The van der Waals surface area contributed by atoms with E-state index < -0.39 is 11.6 Å². The second-order valence-corrected chi connectivity index (χ2v) is 17.6. The Hall–Kier alpha value is -5.39. The van der Waals surface area contributed by atoms with Crippen LogP contribution in [0, 0.1) is 11.8 Å². The maximum atomic E-state index is 11.4. The highest BCUT2D eigenvalue weighted by Gasteiger charge is 2.45. The van der Waals surface area contributed by atoms with Crippen LogP contribution in [0.25, 0.3) is 5.65 Å². The number of fused-ring (bicyclic) bond motifs is 4. The van der Waals surface area contributed by atoms with Crippen LogP contribution in [0.2, 0.25) is 0 Å². The number of ether oxygens (including phenoxy) is 1. The SMILES string of the molecule is C=C(C)[C@@H]1CCC(C)=C[C@H]1c1c(O)cc(CCCCC)cc1O.CCCCCc1cc(O)c2c(c1)OC(C)(C)[C@@H]1CCC(C)=C[C@@H]21.Cn1nnc2c(C(N)=O)ncn2c1=O. The van der Waals surface area contributed by atoms with E-state index in [0.717, 1.165) is 76.5 Å². The summed E-state index contributed by atoms with van der Waals surface area (Å²) in [4.78, 5) is 25.9. The number of nitrogens with two attached hydrogens (primary N) is 1. The van der Waals surface area contributed by atoms with Crippen molar-refractivity contribution < 1.29 is 24.9 Å². The second-order valence-electron chi connectivity index (χ2n) is 17.6. The Bertz CT molecular complexity index is 2280. The topological polar surface area (TPSA) is 178 Å². The van der Waals surface area contributed by atoms with Crippen LogP contribution in [0.1, 0.15) is 157 Å². The van der Waals surface area contributed by atoms with Gasteiger partial charge in [-0.2, -0.15) is 4.68 Å². The number of nitrogens with zero attached hydrogens (tertiary/aromatic N) is 5. The third kappa shape index (κ3) is 10.5. The zero-order chi connectivity index (χ0) is 43.9. The molecule has 0 fully saturated rings. The number of aromatic nitrogens is 5. The fraction of sp³-hybridized carbons (Fsp3) is 0.521. The van der Waals surface area contributed by atoms with Crippen molar-refractivity contribution in [3.63, 3.8) is 0 Å². The molecule has 0 saturated heterocycles. The van der Waals surface area contributed by atoms with Crippen LogP contribution in [0.4, 0.5) is 0 Å². The van der Waals surface area contributed by atoms with Gasteiger partial charge in [0, 0.05) is 35.9 Å². The number of imidazole rings is 1. The summed E-state index contributed by atoms with van der Waals surface area (Å²) in [5.41, 5.74) is 12.2. The molecule has 0 unspecified atom stereocenters. The monoisotopic (exact) mass is 823 g/mol. The van der Waals surface area contributed by atoms with E-state index in [1.165, 1.54) is 62.2 Å². The Morgan fingerprint density at radius 3 is 2.00 bits per heavy atom. The van der Waals surface area contributed by atoms with Gasteiger partial charge in [-0.3, -0.25) is 4.79 Å². The van der Waals surface area contributed by atoms with Crippen molar-refractivity contribution in [2.75, 3.05) is 0 Å². The number of carbonyl (C=O) groups excluding carboxylic acids is 1. The Labute approximate surface area is 354 Å². The zero-order valence-corrected chi connectivity index (χ0v) is 36.9. The maximum Gasteiger partial charge on any atom is 0.352 e. The molecule has 2 aromatic heterocycles. The molecular weight excluding hydrogens is 757 g/mol. The third-order valence-electron chi connectivity index (χ3n) is 12.3. The summed E-state index contributed by atoms with van der Waals surface area (Å²) in [5.74, 6) is 2.04. The van der Waals surface area contributed by atoms with Gasteiger partial charge in [0.15, 0.2) is 11.3 Å². The van der Waals surface area contributed by atoms with Crippen molar-refractivity contribution in [3.05, 3.63) is 104 Å². The van der Waals surface area contributed by atoms with Crippen molar-refractivity contribution in [2.45, 2.75) is 143 Å². The number of carbonyl (C=O) groups is 1. The van der Waals surface area contributed by atoms with Gasteiger partial charge in [0.05, 0.1) is 0 Å². The molecule has 3 heterocycles. The molecule has 12 nitrogen and oxygen atoms in total. The van der Waals surface area contributed by atoms with Crippen molar-refractivity contribution in [1.29, 1.82) is 0 Å². The van der Waals surface area contributed by atoms with Gasteiger partial charge in [0.1, 0.15) is 34.9 Å². The highest BCUT2D eigenvalue weighted by molar-refractivity contribution is 5.96. The minimum Gasteiger partial charge on any atom is -0.507 e. The summed E-state index contributed by atoms with van der Waals surface area (Å²) in [6.45, 7) is 19.3. The summed E-state index contributed by atoms with van der Waals surface area (Å²) < 4.78 is 8.49. The molecule has 0 radical (unpaired) electrons. The fourth-order valence-electron chi connectivity index (χ4n) is 9.01. The summed E-state index contributed by atoms with van der Waals surface area (Å²) in [5, 5.41) is 38.9. The maximum absolute atomic E-state index is 11.4. The van der Waals surface area contributed by atoms with Crippen molar-refractivity contribution >= 4 is 11.6 Å². The van der Waals surface area contributed by atoms with Gasteiger partial charge in [-0.05, 0) is 127 Å². The molecule has 60 heavy (non-hydrogen) atoms. The predicted molar refractivity (Wildman–Crippen MR) is 237 cm³/mol. The lowest BCUT2D eigenvalue weighted by molar-refractivity contribution is 0.0107. The molecule has 0 bridgehead atoms. The molecular formula is C48H66N6O6. The molecule has 1 aliphatic heterocycles. The number of unbranched alkanes of at least 4 members (excludes halogenated alkanes) is 4. The molecule has 3 aliphatic rings. The first-order valence-electron chi connectivity index (χ1n) is 21.6. The Kier molecular flexibility index (Phi) is 15.1. The zero-order valence-electron chi connectivity index (χ0n) is 36.9. The number of phenolic OH excluding ortho intramolecular Hbond substituents is 3. The molecule has 4 atom stereocenters. The number of hydrogen-bond acceptors (Lipinski definition) is 9. The highest BCUT2D eigenvalue weighted by Crippen LogP contribution is 2.53.